The van der Waals surface area contributed by atoms with Gasteiger partial charge in [-0.25, -0.2) is 0 Å². The lowest BCUT2D eigenvalue weighted by atomic mass is 9.77. The van der Waals surface area contributed by atoms with Crippen molar-refractivity contribution in [2.75, 3.05) is 25.0 Å². The van der Waals surface area contributed by atoms with E-state index in [9.17, 15) is 14.7 Å². The summed E-state index contributed by atoms with van der Waals surface area (Å²) in [6.45, 7) is 1.89. The number of nitrogens with one attached hydrogen (secondary N) is 2. The smallest absolute Gasteiger partial charge is 0.268 e. The number of para-hydroxylation sites is 1. The molecule has 1 aliphatic carbocycles. The fourth-order valence-electron chi connectivity index (χ4n) is 4.33. The molecule has 1 saturated heterocycles. The van der Waals surface area contributed by atoms with Gasteiger partial charge in [0.1, 0.15) is 0 Å². The number of carbonyl (C=O) groups is 2. The number of nitrogens with zero attached hydrogens (tertiary/aromatic N) is 1. The van der Waals surface area contributed by atoms with Crippen LogP contribution in [0.4, 0.5) is 5.69 Å². The van der Waals surface area contributed by atoms with Crippen LogP contribution < -0.4 is 15.5 Å². The first-order valence-electron chi connectivity index (χ1n) is 9.65. The van der Waals surface area contributed by atoms with Crippen molar-refractivity contribution in [2.45, 2.75) is 25.0 Å². The predicted molar refractivity (Wildman–Crippen MR) is 110 cm³/mol. The third-order valence-electron chi connectivity index (χ3n) is 5.91. The maximum atomic E-state index is 13.0. The number of amides is 2. The monoisotopic (exact) mass is 399 g/mol. The highest BCUT2D eigenvalue weighted by Gasteiger charge is 2.39. The fourth-order valence-corrected chi connectivity index (χ4v) is 5.03. The molecule has 28 heavy (non-hydrogen) atoms. The zero-order valence-electron chi connectivity index (χ0n) is 15.8. The van der Waals surface area contributed by atoms with E-state index < -0.39 is 6.10 Å². The van der Waals surface area contributed by atoms with Gasteiger partial charge in [0.25, 0.3) is 11.8 Å². The lowest BCUT2D eigenvalue weighted by Gasteiger charge is -2.36. The number of fused-ring (bicyclic) bond motifs is 1. The highest BCUT2D eigenvalue weighted by Crippen LogP contribution is 2.33. The molecule has 3 N–H and O–H groups in total. The number of hydrogen-bond acceptors (Lipinski definition) is 5. The molecule has 7 heteroatoms. The second-order valence-electron chi connectivity index (χ2n) is 7.66. The van der Waals surface area contributed by atoms with Gasteiger partial charge in [-0.2, -0.15) is 0 Å². The highest BCUT2D eigenvalue weighted by atomic mass is 32.1. The molecule has 4 atom stereocenters. The van der Waals surface area contributed by atoms with Crippen molar-refractivity contribution in [1.82, 2.24) is 10.6 Å². The van der Waals surface area contributed by atoms with E-state index in [1.165, 1.54) is 16.2 Å². The minimum Gasteiger partial charge on any atom is -0.391 e. The number of carbonyl (C=O) groups excluding carboxylic acids is 2. The van der Waals surface area contributed by atoms with Gasteiger partial charge in [0.05, 0.1) is 28.3 Å². The van der Waals surface area contributed by atoms with E-state index in [2.05, 4.69) is 10.6 Å². The Morgan fingerprint density at radius 3 is 2.64 bits per heavy atom. The van der Waals surface area contributed by atoms with Crippen molar-refractivity contribution < 1.29 is 14.7 Å². The minimum atomic E-state index is -0.539. The van der Waals surface area contributed by atoms with Crippen LogP contribution in [0.1, 0.15) is 32.9 Å². The van der Waals surface area contributed by atoms with Gasteiger partial charge in [-0.1, -0.05) is 18.2 Å². The molecule has 0 bridgehead atoms. The van der Waals surface area contributed by atoms with Gasteiger partial charge in [0, 0.05) is 7.05 Å². The summed E-state index contributed by atoms with van der Waals surface area (Å²) in [6.07, 6.45) is 0.945. The Hall–Kier alpha value is -2.22. The molecule has 1 aromatic heterocycles. The maximum absolute atomic E-state index is 13.0. The van der Waals surface area contributed by atoms with E-state index in [0.29, 0.717) is 34.4 Å². The number of rotatable bonds is 4. The predicted octanol–water partition coefficient (Wildman–Crippen LogP) is 2.11. The van der Waals surface area contributed by atoms with Crippen LogP contribution in [0.2, 0.25) is 0 Å². The van der Waals surface area contributed by atoms with Crippen LogP contribution in [-0.4, -0.2) is 49.2 Å². The number of aliphatic hydroxyl groups excluding tert-OH is 1. The molecule has 6 nitrogen and oxygen atoms in total. The molecule has 2 aliphatic rings. The summed E-state index contributed by atoms with van der Waals surface area (Å²) in [5.74, 6) is 0.583. The van der Waals surface area contributed by atoms with Crippen LogP contribution in [0, 0.1) is 11.8 Å². The van der Waals surface area contributed by atoms with E-state index in [4.69, 9.17) is 0 Å². The number of hydrogen-bond donors (Lipinski definition) is 3. The van der Waals surface area contributed by atoms with E-state index in [1.54, 1.807) is 31.3 Å². The Morgan fingerprint density at radius 2 is 1.89 bits per heavy atom. The van der Waals surface area contributed by atoms with Crippen LogP contribution in [0.25, 0.3) is 0 Å². The largest absolute Gasteiger partial charge is 0.391 e. The van der Waals surface area contributed by atoms with Crippen LogP contribution in [0.15, 0.2) is 41.8 Å². The van der Waals surface area contributed by atoms with Gasteiger partial charge in [-0.3, -0.25) is 9.59 Å². The molecular weight excluding hydrogens is 374 g/mol. The van der Waals surface area contributed by atoms with Crippen molar-refractivity contribution in [3.63, 3.8) is 0 Å². The molecule has 0 radical (unpaired) electrons. The zero-order valence-corrected chi connectivity index (χ0v) is 16.6. The quantitative estimate of drug-likeness (QED) is 0.736. The van der Waals surface area contributed by atoms with E-state index in [1.807, 2.05) is 17.5 Å². The first kappa shape index (κ1) is 19.1. The first-order chi connectivity index (χ1) is 13.5. The highest BCUT2D eigenvalue weighted by molar-refractivity contribution is 7.12. The van der Waals surface area contributed by atoms with Crippen molar-refractivity contribution >= 4 is 28.8 Å². The molecule has 1 saturated carbocycles. The lowest BCUT2D eigenvalue weighted by Crippen LogP contribution is -2.49. The van der Waals surface area contributed by atoms with Crippen molar-refractivity contribution in [1.29, 1.82) is 0 Å². The summed E-state index contributed by atoms with van der Waals surface area (Å²) in [6, 6.07) is 10.4. The molecule has 2 fully saturated rings. The van der Waals surface area contributed by atoms with Crippen LogP contribution in [-0.2, 0) is 0 Å². The van der Waals surface area contributed by atoms with Gasteiger partial charge >= 0.3 is 0 Å². The van der Waals surface area contributed by atoms with E-state index >= 15 is 0 Å². The number of aliphatic hydroxyl groups is 1. The Labute approximate surface area is 168 Å². The summed E-state index contributed by atoms with van der Waals surface area (Å²) in [5.41, 5.74) is 0.998. The Balaban J connectivity index is 1.51. The zero-order chi connectivity index (χ0) is 19.7. The lowest BCUT2D eigenvalue weighted by molar-refractivity contribution is 0.0462. The van der Waals surface area contributed by atoms with Crippen LogP contribution >= 0.6 is 11.3 Å². The minimum absolute atomic E-state index is 0.146. The molecule has 2 heterocycles. The molecule has 4 rings (SSSR count). The topological polar surface area (TPSA) is 81.7 Å². The average molecular weight is 400 g/mol. The summed E-state index contributed by atoms with van der Waals surface area (Å²) < 4.78 is 0. The summed E-state index contributed by atoms with van der Waals surface area (Å²) >= 11 is 1.38. The normalized spacial score (nSPS) is 26.5. The molecule has 148 valence electrons. The molecule has 1 aromatic carbocycles. The standard InChI is InChI=1S/C21H25N3O3S/c1-24(21(27)19-7-4-8-28-19)17-6-3-2-5-15(17)20(26)23-16-9-13-11-22-12-14(13)10-18(16)25/h2-8,13-14,16,18,22,25H,9-12H2,1H3,(H,23,26)/t13-,14+,16-,18-/m0/s1. The second kappa shape index (κ2) is 8.03. The summed E-state index contributed by atoms with van der Waals surface area (Å²) in [4.78, 5) is 27.9. The summed E-state index contributed by atoms with van der Waals surface area (Å²) in [7, 11) is 1.68. The van der Waals surface area contributed by atoms with Crippen molar-refractivity contribution in [2.24, 2.45) is 11.8 Å². The molecular formula is C21H25N3O3S. The SMILES string of the molecule is CN(C(=O)c1cccs1)c1ccccc1C(=O)N[C@H]1C[C@H]2CNC[C@H]2C[C@@H]1O. The van der Waals surface area contributed by atoms with Crippen LogP contribution in [0.5, 0.6) is 0 Å². The average Bonchev–Trinajstić information content (AvgIpc) is 3.39. The first-order valence-corrected chi connectivity index (χ1v) is 10.5. The molecule has 0 unspecified atom stereocenters. The molecule has 2 aromatic rings. The molecule has 1 aliphatic heterocycles. The number of anilines is 1. The maximum Gasteiger partial charge on any atom is 0.268 e. The van der Waals surface area contributed by atoms with Crippen LogP contribution in [0.3, 0.4) is 0 Å². The number of thiophene rings is 1. The van der Waals surface area contributed by atoms with Crippen molar-refractivity contribution in [3.8, 4) is 0 Å². The van der Waals surface area contributed by atoms with Gasteiger partial charge in [-0.05, 0) is 61.3 Å². The van der Waals surface area contributed by atoms with Crippen molar-refractivity contribution in [3.05, 3.63) is 52.2 Å². The van der Waals surface area contributed by atoms with E-state index in [0.717, 1.165) is 19.5 Å². The van der Waals surface area contributed by atoms with E-state index in [-0.39, 0.29) is 17.9 Å². The fraction of sp³-hybridized carbons (Fsp3) is 0.429. The van der Waals surface area contributed by atoms with Gasteiger partial charge in [0.15, 0.2) is 0 Å². The Morgan fingerprint density at radius 1 is 1.14 bits per heavy atom. The van der Waals surface area contributed by atoms with Gasteiger partial charge in [0.2, 0.25) is 0 Å². The second-order valence-corrected chi connectivity index (χ2v) is 8.60. The van der Waals surface area contributed by atoms with Gasteiger partial charge in [-0.15, -0.1) is 11.3 Å². The third-order valence-corrected chi connectivity index (χ3v) is 6.77. The molecule has 0 spiro atoms. The number of benzene rings is 1. The Bertz CT molecular complexity index is 854. The Kier molecular flexibility index (Phi) is 5.48. The van der Waals surface area contributed by atoms with Gasteiger partial charge < -0.3 is 20.6 Å². The summed E-state index contributed by atoms with van der Waals surface area (Å²) in [5, 5.41) is 18.7. The third kappa shape index (κ3) is 3.70. The molecule has 2 amide bonds.